The molecule has 0 amide bonds. The van der Waals surface area contributed by atoms with Gasteiger partial charge in [-0.1, -0.05) is 19.4 Å². The fraction of sp³-hybridized carbons (Fsp3) is 0.636. The van der Waals surface area contributed by atoms with Crippen LogP contribution in [0.5, 0.6) is 0 Å². The van der Waals surface area contributed by atoms with Gasteiger partial charge >= 0.3 is 10.2 Å². The number of nitrogens with one attached hydrogen (secondary N) is 1. The summed E-state index contributed by atoms with van der Waals surface area (Å²) in [4.78, 5) is 17.2. The van der Waals surface area contributed by atoms with Gasteiger partial charge in [0.05, 0.1) is 45.8 Å². The fourth-order valence-corrected chi connectivity index (χ4v) is 7.65. The van der Waals surface area contributed by atoms with E-state index in [4.69, 9.17) is 9.97 Å². The van der Waals surface area contributed by atoms with Crippen LogP contribution in [0.1, 0.15) is 62.4 Å². The first-order valence-electron chi connectivity index (χ1n) is 12.2. The Labute approximate surface area is 212 Å². The Morgan fingerprint density at radius 3 is 2.22 bits per heavy atom. The van der Waals surface area contributed by atoms with Crippen LogP contribution in [0.25, 0.3) is 0 Å². The van der Waals surface area contributed by atoms with Gasteiger partial charge in [-0.15, -0.1) is 0 Å². The number of hydrogen-bond donors (Lipinski definition) is 2. The number of anilines is 2. The first-order valence-corrected chi connectivity index (χ1v) is 15.3. The highest BCUT2D eigenvalue weighted by Gasteiger charge is 2.66. The van der Waals surface area contributed by atoms with Crippen LogP contribution in [-0.2, 0) is 17.2 Å². The van der Waals surface area contributed by atoms with Gasteiger partial charge in [-0.05, 0) is 44.9 Å². The van der Waals surface area contributed by atoms with Crippen molar-refractivity contribution in [3.8, 4) is 0 Å². The SMILES string of the molecule is O=[S@@]1c2c(nc(N3CCC(c4ncc(S(F)(F)(F)(F)F)cn4)CC3)nc2NC2(CO)CCC2)CC12CC2. The molecule has 0 unspecified atom stereocenters. The zero-order valence-corrected chi connectivity index (χ0v) is 21.4. The summed E-state index contributed by atoms with van der Waals surface area (Å²) in [5.41, 5.74) is 0.280. The predicted molar refractivity (Wildman–Crippen MR) is 129 cm³/mol. The summed E-state index contributed by atoms with van der Waals surface area (Å²) in [7, 11) is -11.0. The molecule has 0 aromatic carbocycles. The maximum absolute atomic E-state index is 13.3. The maximum Gasteiger partial charge on any atom is 0.313 e. The molecule has 15 heteroatoms. The second-order valence-corrected chi connectivity index (χ2v) is 14.9. The van der Waals surface area contributed by atoms with E-state index in [1.165, 1.54) is 0 Å². The van der Waals surface area contributed by atoms with Gasteiger partial charge in [0.15, 0.2) is 0 Å². The molecule has 2 aromatic rings. The Bertz CT molecular complexity index is 1270. The van der Waals surface area contributed by atoms with E-state index in [0.29, 0.717) is 49.0 Å². The monoisotopic (exact) mass is 566 g/mol. The van der Waals surface area contributed by atoms with Crippen molar-refractivity contribution in [3.63, 3.8) is 0 Å². The molecule has 2 aromatic heterocycles. The zero-order valence-electron chi connectivity index (χ0n) is 19.8. The Morgan fingerprint density at radius 2 is 1.70 bits per heavy atom. The number of aliphatic hydroxyl groups excluding tert-OH is 1. The highest BCUT2D eigenvalue weighted by atomic mass is 32.5. The maximum atomic E-state index is 13.3. The van der Waals surface area contributed by atoms with Crippen LogP contribution in [0.2, 0.25) is 0 Å². The molecule has 4 aliphatic rings. The highest BCUT2D eigenvalue weighted by molar-refractivity contribution is 8.45. The van der Waals surface area contributed by atoms with E-state index in [0.717, 1.165) is 37.8 Å². The van der Waals surface area contributed by atoms with Gasteiger partial charge in [0.1, 0.15) is 21.4 Å². The third-order valence-corrected chi connectivity index (χ3v) is 11.3. The van der Waals surface area contributed by atoms with Crippen molar-refractivity contribution >= 4 is 32.8 Å². The summed E-state index contributed by atoms with van der Waals surface area (Å²) in [6.45, 7) is 0.884. The van der Waals surface area contributed by atoms with Crippen LogP contribution < -0.4 is 10.2 Å². The predicted octanol–water partition coefficient (Wildman–Crippen LogP) is 4.83. The van der Waals surface area contributed by atoms with Gasteiger partial charge < -0.3 is 15.3 Å². The number of aliphatic hydroxyl groups is 1. The minimum atomic E-state index is -9.81. The van der Waals surface area contributed by atoms with Gasteiger partial charge in [0, 0.05) is 25.4 Å². The summed E-state index contributed by atoms with van der Waals surface area (Å²) in [6, 6.07) is 0. The number of rotatable bonds is 6. The molecule has 204 valence electrons. The minimum Gasteiger partial charge on any atom is -0.394 e. The van der Waals surface area contributed by atoms with E-state index in [1.807, 2.05) is 4.90 Å². The van der Waals surface area contributed by atoms with Crippen LogP contribution >= 0.6 is 10.2 Å². The smallest absolute Gasteiger partial charge is 0.313 e. The van der Waals surface area contributed by atoms with Crippen molar-refractivity contribution in [2.45, 2.75) is 77.4 Å². The lowest BCUT2D eigenvalue weighted by Crippen LogP contribution is -2.49. The summed E-state index contributed by atoms with van der Waals surface area (Å²) in [5.74, 6) is 0.793. The third kappa shape index (κ3) is 4.46. The lowest BCUT2D eigenvalue weighted by molar-refractivity contribution is 0.143. The topological polar surface area (TPSA) is 104 Å². The highest BCUT2D eigenvalue weighted by Crippen LogP contribution is 3.01. The van der Waals surface area contributed by atoms with Crippen LogP contribution in [0, 0.1) is 0 Å². The molecule has 37 heavy (non-hydrogen) atoms. The second kappa shape index (κ2) is 7.50. The number of piperidine rings is 1. The lowest BCUT2D eigenvalue weighted by atomic mass is 9.77. The van der Waals surface area contributed by atoms with Crippen LogP contribution in [-0.4, -0.2) is 59.2 Å². The average molecular weight is 567 g/mol. The van der Waals surface area contributed by atoms with Gasteiger partial charge in [0.25, 0.3) is 0 Å². The fourth-order valence-electron chi connectivity index (χ4n) is 5.36. The van der Waals surface area contributed by atoms with E-state index in [1.54, 1.807) is 0 Å². The summed E-state index contributed by atoms with van der Waals surface area (Å²) < 4.78 is 77.9. The summed E-state index contributed by atoms with van der Waals surface area (Å²) >= 11 is 0. The summed E-state index contributed by atoms with van der Waals surface area (Å²) in [6.07, 6.45) is 6.25. The molecule has 2 saturated carbocycles. The van der Waals surface area contributed by atoms with Crippen molar-refractivity contribution in [2.75, 3.05) is 29.9 Å². The van der Waals surface area contributed by atoms with Gasteiger partial charge in [-0.2, -0.15) is 4.98 Å². The van der Waals surface area contributed by atoms with Crippen molar-refractivity contribution in [2.24, 2.45) is 0 Å². The molecule has 6 rings (SSSR count). The van der Waals surface area contributed by atoms with Crippen LogP contribution in [0.3, 0.4) is 0 Å². The van der Waals surface area contributed by atoms with E-state index in [2.05, 4.69) is 15.3 Å². The Morgan fingerprint density at radius 1 is 1.05 bits per heavy atom. The summed E-state index contributed by atoms with van der Waals surface area (Å²) in [5, 5.41) is 13.4. The molecule has 2 aliphatic carbocycles. The number of hydrogen-bond acceptors (Lipinski definition) is 8. The van der Waals surface area contributed by atoms with E-state index in [9.17, 15) is 28.7 Å². The zero-order chi connectivity index (χ0) is 26.3. The molecule has 2 aliphatic heterocycles. The molecule has 2 N–H and O–H groups in total. The number of fused-ring (bicyclic) bond motifs is 1. The van der Waals surface area contributed by atoms with E-state index in [-0.39, 0.29) is 35.5 Å². The van der Waals surface area contributed by atoms with E-state index >= 15 is 0 Å². The average Bonchev–Trinajstić information content (AvgIpc) is 3.54. The van der Waals surface area contributed by atoms with Crippen molar-refractivity contribution in [1.82, 2.24) is 19.9 Å². The first kappa shape index (κ1) is 25.2. The Hall–Kier alpha value is -2.13. The normalized spacial score (nSPS) is 26.2. The molecule has 0 radical (unpaired) electrons. The molecule has 1 saturated heterocycles. The first-order chi connectivity index (χ1) is 17.2. The molecule has 1 atom stereocenters. The van der Waals surface area contributed by atoms with Gasteiger partial charge in [-0.25, -0.2) is 15.0 Å². The molecule has 1 spiro atoms. The molecule has 0 bridgehead atoms. The molecule has 3 fully saturated rings. The minimum absolute atomic E-state index is 0.0505. The van der Waals surface area contributed by atoms with Crippen LogP contribution in [0.4, 0.5) is 31.2 Å². The van der Waals surface area contributed by atoms with Gasteiger partial charge in [-0.3, -0.25) is 4.21 Å². The largest absolute Gasteiger partial charge is 0.394 e. The van der Waals surface area contributed by atoms with Crippen molar-refractivity contribution in [3.05, 3.63) is 23.9 Å². The third-order valence-electron chi connectivity index (χ3n) is 8.03. The van der Waals surface area contributed by atoms with Gasteiger partial charge in [0.2, 0.25) is 5.95 Å². The molecule has 8 nitrogen and oxygen atoms in total. The lowest BCUT2D eigenvalue weighted by Gasteiger charge is -2.42. The van der Waals surface area contributed by atoms with Crippen LogP contribution in [0.15, 0.2) is 22.2 Å². The quantitative estimate of drug-likeness (QED) is 0.480. The second-order valence-electron chi connectivity index (χ2n) is 10.7. The molecular weight excluding hydrogens is 539 g/mol. The molecule has 4 heterocycles. The number of halogens is 5. The molecular formula is C22H27F5N6O2S2. The number of aromatic nitrogens is 4. The number of nitrogens with zero attached hydrogens (tertiary/aromatic N) is 5. The van der Waals surface area contributed by atoms with E-state index < -0.39 is 31.5 Å². The van der Waals surface area contributed by atoms with Crippen molar-refractivity contribution < 1.29 is 28.7 Å². The Balaban J connectivity index is 1.22. The van der Waals surface area contributed by atoms with Crippen molar-refractivity contribution in [1.29, 1.82) is 0 Å². The Kier molecular flexibility index (Phi) is 5.10. The standard InChI is InChI=1S/C22H27F5N6O2S2/c23-37(24,25,26,27)15-11-28-18(29-12-15)14-2-8-33(9-3-14)20-30-16-10-22(6-7-22)36(35)17(16)19(31-20)32-21(13-34)4-1-5-21/h11-12,14,34H,1-10,13H2,(H,30,31,32)/t36-/m1/s1.